The van der Waals surface area contributed by atoms with Gasteiger partial charge in [-0.15, -0.1) is 0 Å². The van der Waals surface area contributed by atoms with Gasteiger partial charge in [0.2, 0.25) is 5.70 Å². The van der Waals surface area contributed by atoms with Gasteiger partial charge in [-0.1, -0.05) is 6.08 Å². The average Bonchev–Trinajstić information content (AvgIpc) is 1.83. The normalized spacial score (nSPS) is 18.9. The van der Waals surface area contributed by atoms with Crippen molar-refractivity contribution in [1.82, 2.24) is 0 Å². The molecule has 0 aromatic rings. The minimum atomic E-state index is 0.464. The molecular weight excluding hydrogens is 114 g/mol. The van der Waals surface area contributed by atoms with E-state index in [0.717, 1.165) is 4.76 Å². The summed E-state index contributed by atoms with van der Waals surface area (Å²) in [5.41, 5.74) is 1.02. The number of rotatable bonds is 0. The van der Waals surface area contributed by atoms with E-state index >= 15 is 0 Å². The molecule has 1 heterocycles. The first-order valence-corrected chi connectivity index (χ1v) is 2.72. The van der Waals surface area contributed by atoms with Crippen molar-refractivity contribution in [1.29, 1.82) is 0 Å². The molecule has 0 atom stereocenters. The Balaban J connectivity index is 2.94. The van der Waals surface area contributed by atoms with E-state index in [4.69, 9.17) is 0 Å². The summed E-state index contributed by atoms with van der Waals surface area (Å²) in [6.45, 7) is 7.06. The minimum absolute atomic E-state index is 0.464. The van der Waals surface area contributed by atoms with Crippen LogP contribution in [-0.2, 0) is 0 Å². The predicted molar refractivity (Wildman–Crippen MR) is 35.7 cm³/mol. The second-order valence-corrected chi connectivity index (χ2v) is 1.96. The fourth-order valence-electron chi connectivity index (χ4n) is 0.685. The van der Waals surface area contributed by atoms with Crippen LogP contribution in [0.3, 0.4) is 0 Å². The number of nitrogens with zero attached hydrogens (tertiary/aromatic N) is 1. The lowest BCUT2D eigenvalue weighted by Crippen LogP contribution is -2.06. The molecule has 0 aromatic carbocycles. The van der Waals surface area contributed by atoms with Crippen molar-refractivity contribution < 1.29 is 4.76 Å². The third-order valence-corrected chi connectivity index (χ3v) is 1.21. The van der Waals surface area contributed by atoms with Gasteiger partial charge in [0, 0.05) is 11.0 Å². The van der Waals surface area contributed by atoms with Gasteiger partial charge in [-0.3, -0.25) is 0 Å². The summed E-state index contributed by atoms with van der Waals surface area (Å²) in [5, 5.41) is 0. The number of hydrogen-bond donors (Lipinski definition) is 0. The molecule has 9 heavy (non-hydrogen) atoms. The van der Waals surface area contributed by atoms with E-state index in [0.29, 0.717) is 17.8 Å². The Kier molecular flexibility index (Phi) is 1.30. The maximum Gasteiger partial charge on any atom is 0.255 e. The van der Waals surface area contributed by atoms with Crippen molar-refractivity contribution in [3.8, 4) is 0 Å². The molecule has 2 heteroatoms. The van der Waals surface area contributed by atoms with Crippen LogP contribution in [0.5, 0.6) is 0 Å². The van der Waals surface area contributed by atoms with Gasteiger partial charge in [0.05, 0.1) is 11.2 Å². The van der Waals surface area contributed by atoms with Crippen molar-refractivity contribution in [3.63, 3.8) is 0 Å². The molecule has 0 saturated carbocycles. The summed E-state index contributed by atoms with van der Waals surface area (Å²) in [7, 11) is 0. The van der Waals surface area contributed by atoms with Crippen LogP contribution in [-0.4, -0.2) is 4.76 Å². The maximum absolute atomic E-state index is 10.8. The van der Waals surface area contributed by atoms with Gasteiger partial charge < -0.3 is 0 Å². The van der Waals surface area contributed by atoms with E-state index in [1.165, 1.54) is 0 Å². The lowest BCUT2D eigenvalue weighted by Gasteiger charge is -1.96. The Morgan fingerprint density at radius 3 is 2.67 bits per heavy atom. The van der Waals surface area contributed by atoms with E-state index in [1.54, 1.807) is 6.08 Å². The van der Waals surface area contributed by atoms with E-state index in [-0.39, 0.29) is 0 Å². The van der Waals surface area contributed by atoms with Crippen LogP contribution in [0.4, 0.5) is 0 Å². The largest absolute Gasteiger partial charge is 0.255 e. The SMILES string of the molecule is C=C1C=CCC(=C)[N+]1=O. The Bertz CT molecular complexity index is 213. The molecule has 0 aliphatic carbocycles. The zero-order valence-corrected chi connectivity index (χ0v) is 5.13. The molecule has 2 nitrogen and oxygen atoms in total. The number of allylic oxidation sites excluding steroid dienone is 2. The van der Waals surface area contributed by atoms with E-state index in [1.807, 2.05) is 6.08 Å². The third kappa shape index (κ3) is 0.964. The first kappa shape index (κ1) is 5.95. The molecule has 0 amide bonds. The standard InChI is InChI=1S/C7H8NO/c1-6-4-3-5-7(2)8(6)9/h3-4H,1-2,5H2/q+1. The van der Waals surface area contributed by atoms with E-state index < -0.39 is 0 Å². The molecule has 1 aliphatic rings. The van der Waals surface area contributed by atoms with Gasteiger partial charge >= 0.3 is 0 Å². The number of nitroso groups, excluding NO2 is 1. The lowest BCUT2D eigenvalue weighted by atomic mass is 10.2. The molecule has 0 N–H and O–H groups in total. The zero-order chi connectivity index (χ0) is 6.85. The summed E-state index contributed by atoms with van der Waals surface area (Å²) in [6.07, 6.45) is 4.21. The average molecular weight is 122 g/mol. The van der Waals surface area contributed by atoms with Gasteiger partial charge in [-0.05, 0) is 13.2 Å². The van der Waals surface area contributed by atoms with Gasteiger partial charge in [0.1, 0.15) is 0 Å². The fraction of sp³-hybridized carbons (Fsp3) is 0.143. The van der Waals surface area contributed by atoms with Crippen molar-refractivity contribution >= 4 is 0 Å². The van der Waals surface area contributed by atoms with Crippen LogP contribution in [0.2, 0.25) is 0 Å². The highest BCUT2D eigenvalue weighted by atomic mass is 16.3. The highest BCUT2D eigenvalue weighted by Gasteiger charge is 2.20. The van der Waals surface area contributed by atoms with Gasteiger partial charge in [-0.2, -0.15) is 0 Å². The molecule has 46 valence electrons. The van der Waals surface area contributed by atoms with Gasteiger partial charge in [0.25, 0.3) is 5.70 Å². The highest BCUT2D eigenvalue weighted by molar-refractivity contribution is 5.14. The molecule has 0 radical (unpaired) electrons. The van der Waals surface area contributed by atoms with Crippen LogP contribution in [0.25, 0.3) is 0 Å². The predicted octanol–water partition coefficient (Wildman–Crippen LogP) is 1.75. The summed E-state index contributed by atoms with van der Waals surface area (Å²) in [5.74, 6) is 0. The molecule has 0 spiro atoms. The maximum atomic E-state index is 10.8. The molecule has 0 fully saturated rings. The molecular formula is C7H8NO+. The fourth-order valence-corrected chi connectivity index (χ4v) is 0.685. The van der Waals surface area contributed by atoms with Crippen LogP contribution < -0.4 is 0 Å². The van der Waals surface area contributed by atoms with E-state index in [9.17, 15) is 4.91 Å². The molecule has 1 aliphatic heterocycles. The van der Waals surface area contributed by atoms with Crippen molar-refractivity contribution in [2.75, 3.05) is 0 Å². The van der Waals surface area contributed by atoms with Crippen LogP contribution >= 0.6 is 0 Å². The quantitative estimate of drug-likeness (QED) is 0.448. The second kappa shape index (κ2) is 1.97. The second-order valence-electron chi connectivity index (χ2n) is 1.96. The Labute approximate surface area is 53.8 Å². The summed E-state index contributed by atoms with van der Waals surface area (Å²) < 4.78 is 0.750. The highest BCUT2D eigenvalue weighted by Crippen LogP contribution is 2.13. The van der Waals surface area contributed by atoms with Gasteiger partial charge in [-0.25, -0.2) is 0 Å². The van der Waals surface area contributed by atoms with Gasteiger partial charge in [0.15, 0.2) is 0 Å². The van der Waals surface area contributed by atoms with Crippen molar-refractivity contribution in [3.05, 3.63) is 41.6 Å². The Morgan fingerprint density at radius 2 is 2.22 bits per heavy atom. The summed E-state index contributed by atoms with van der Waals surface area (Å²) in [6, 6.07) is 0. The molecule has 0 unspecified atom stereocenters. The van der Waals surface area contributed by atoms with Crippen LogP contribution in [0.1, 0.15) is 6.42 Å². The lowest BCUT2D eigenvalue weighted by molar-refractivity contribution is -0.443. The first-order valence-electron chi connectivity index (χ1n) is 2.72. The van der Waals surface area contributed by atoms with Crippen LogP contribution in [0, 0.1) is 4.91 Å². The smallest absolute Gasteiger partial charge is 0.0672 e. The third-order valence-electron chi connectivity index (χ3n) is 1.21. The molecule has 0 saturated heterocycles. The van der Waals surface area contributed by atoms with Crippen molar-refractivity contribution in [2.45, 2.75) is 6.42 Å². The van der Waals surface area contributed by atoms with E-state index in [2.05, 4.69) is 13.2 Å². The topological polar surface area (TPSA) is 20.1 Å². The molecule has 0 bridgehead atoms. The summed E-state index contributed by atoms with van der Waals surface area (Å²) >= 11 is 0. The minimum Gasteiger partial charge on any atom is -0.0672 e. The monoisotopic (exact) mass is 122 g/mol. The molecule has 0 aromatic heterocycles. The Hall–Kier alpha value is -1.18. The zero-order valence-electron chi connectivity index (χ0n) is 5.13. The first-order chi connectivity index (χ1) is 4.22. The summed E-state index contributed by atoms with van der Waals surface area (Å²) in [4.78, 5) is 10.8. The number of hydrogen-bond acceptors (Lipinski definition) is 1. The molecule has 1 rings (SSSR count). The van der Waals surface area contributed by atoms with Crippen molar-refractivity contribution in [2.24, 2.45) is 0 Å². The Morgan fingerprint density at radius 1 is 1.56 bits per heavy atom. The van der Waals surface area contributed by atoms with Crippen LogP contribution in [0.15, 0.2) is 36.7 Å².